The molecule has 1 aromatic heterocycles. The Balaban J connectivity index is 1.38. The Bertz CT molecular complexity index is 1020. The van der Waals surface area contributed by atoms with Crippen molar-refractivity contribution < 1.29 is 9.53 Å². The minimum absolute atomic E-state index is 0.172. The summed E-state index contributed by atoms with van der Waals surface area (Å²) in [6, 6.07) is 17.1. The highest BCUT2D eigenvalue weighted by atomic mass is 16.5. The van der Waals surface area contributed by atoms with Crippen molar-refractivity contribution in [3.8, 4) is 5.75 Å². The quantitative estimate of drug-likeness (QED) is 0.609. The maximum atomic E-state index is 12.5. The largest absolute Gasteiger partial charge is 0.497 e. The number of hydrogen-bond acceptors (Lipinski definition) is 8. The standard InChI is InChI=1S/C22H25N7O2/c1-27(20(30)17-7-4-3-5-8-17)26-21-23-16-24-22(25-21)29-13-11-28(12-14-29)18-9-6-10-19(15-18)31-2/h3-10,15-16H,11-14H2,1-2H3,(H,23,24,25,26). The maximum Gasteiger partial charge on any atom is 0.272 e. The molecule has 0 saturated carbocycles. The van der Waals surface area contributed by atoms with E-state index < -0.39 is 0 Å². The van der Waals surface area contributed by atoms with Crippen LogP contribution in [-0.4, -0.2) is 66.2 Å². The third-order valence-electron chi connectivity index (χ3n) is 5.13. The number of benzene rings is 2. The van der Waals surface area contributed by atoms with Crippen LogP contribution in [0.2, 0.25) is 0 Å². The summed E-state index contributed by atoms with van der Waals surface area (Å²) in [5.74, 6) is 1.59. The fourth-order valence-electron chi connectivity index (χ4n) is 3.44. The van der Waals surface area contributed by atoms with Gasteiger partial charge in [-0.3, -0.25) is 15.2 Å². The van der Waals surface area contributed by atoms with Crippen LogP contribution in [0.3, 0.4) is 0 Å². The van der Waals surface area contributed by atoms with E-state index in [0.29, 0.717) is 17.5 Å². The Morgan fingerprint density at radius 1 is 1.00 bits per heavy atom. The lowest BCUT2D eigenvalue weighted by molar-refractivity contribution is 0.0825. The van der Waals surface area contributed by atoms with Gasteiger partial charge in [-0.15, -0.1) is 0 Å². The van der Waals surface area contributed by atoms with Gasteiger partial charge in [0.1, 0.15) is 12.1 Å². The monoisotopic (exact) mass is 419 g/mol. The average Bonchev–Trinajstić information content (AvgIpc) is 2.84. The number of nitrogens with zero attached hydrogens (tertiary/aromatic N) is 6. The van der Waals surface area contributed by atoms with Gasteiger partial charge < -0.3 is 14.5 Å². The predicted octanol–water partition coefficient (Wildman–Crippen LogP) is 2.31. The first-order valence-electron chi connectivity index (χ1n) is 10.1. The van der Waals surface area contributed by atoms with Crippen molar-refractivity contribution in [2.45, 2.75) is 0 Å². The van der Waals surface area contributed by atoms with Crippen LogP contribution < -0.4 is 20.0 Å². The number of amides is 1. The Morgan fingerprint density at radius 3 is 2.48 bits per heavy atom. The second-order valence-corrected chi connectivity index (χ2v) is 7.13. The van der Waals surface area contributed by atoms with Crippen molar-refractivity contribution in [1.82, 2.24) is 20.0 Å². The first-order chi connectivity index (χ1) is 15.1. The lowest BCUT2D eigenvalue weighted by atomic mass is 10.2. The molecule has 3 aromatic rings. The normalized spacial score (nSPS) is 13.6. The Morgan fingerprint density at radius 2 is 1.74 bits per heavy atom. The molecule has 9 nitrogen and oxygen atoms in total. The lowest BCUT2D eigenvalue weighted by Gasteiger charge is -2.36. The molecule has 31 heavy (non-hydrogen) atoms. The Kier molecular flexibility index (Phi) is 6.11. The molecule has 0 aliphatic carbocycles. The van der Waals surface area contributed by atoms with Crippen LogP contribution in [0.5, 0.6) is 5.75 Å². The number of ether oxygens (including phenoxy) is 1. The first kappa shape index (κ1) is 20.4. The summed E-state index contributed by atoms with van der Waals surface area (Å²) in [5, 5.41) is 1.37. The minimum atomic E-state index is -0.172. The van der Waals surface area contributed by atoms with Gasteiger partial charge in [0.25, 0.3) is 5.91 Å². The number of nitrogens with one attached hydrogen (secondary N) is 1. The fourth-order valence-corrected chi connectivity index (χ4v) is 3.44. The number of anilines is 3. The van der Waals surface area contributed by atoms with E-state index in [1.807, 2.05) is 36.4 Å². The Hall–Kier alpha value is -3.88. The van der Waals surface area contributed by atoms with Crippen molar-refractivity contribution in [3.63, 3.8) is 0 Å². The molecule has 1 aliphatic heterocycles. The van der Waals surface area contributed by atoms with E-state index in [2.05, 4.69) is 36.2 Å². The van der Waals surface area contributed by atoms with Gasteiger partial charge in [-0.1, -0.05) is 24.3 Å². The van der Waals surface area contributed by atoms with E-state index >= 15 is 0 Å². The molecular formula is C22H25N7O2. The molecule has 160 valence electrons. The van der Waals surface area contributed by atoms with Gasteiger partial charge in [-0.05, 0) is 24.3 Å². The molecule has 1 amide bonds. The van der Waals surface area contributed by atoms with Gasteiger partial charge in [-0.2, -0.15) is 9.97 Å². The molecule has 1 saturated heterocycles. The highest BCUT2D eigenvalue weighted by Crippen LogP contribution is 2.23. The highest BCUT2D eigenvalue weighted by Gasteiger charge is 2.20. The van der Waals surface area contributed by atoms with Crippen molar-refractivity contribution >= 4 is 23.5 Å². The van der Waals surface area contributed by atoms with Crippen LogP contribution in [0.15, 0.2) is 60.9 Å². The van der Waals surface area contributed by atoms with E-state index in [1.165, 1.54) is 11.3 Å². The zero-order valence-electron chi connectivity index (χ0n) is 17.6. The minimum Gasteiger partial charge on any atom is -0.497 e. The zero-order valence-corrected chi connectivity index (χ0v) is 17.6. The molecule has 0 atom stereocenters. The first-order valence-corrected chi connectivity index (χ1v) is 10.1. The van der Waals surface area contributed by atoms with Gasteiger partial charge in [0.15, 0.2) is 0 Å². The molecule has 0 radical (unpaired) electrons. The number of hydrogen-bond donors (Lipinski definition) is 1. The molecule has 0 spiro atoms. The number of carbonyl (C=O) groups excluding carboxylic acids is 1. The summed E-state index contributed by atoms with van der Waals surface area (Å²) in [4.78, 5) is 29.9. The fraction of sp³-hybridized carbons (Fsp3) is 0.273. The second-order valence-electron chi connectivity index (χ2n) is 7.13. The third kappa shape index (κ3) is 4.82. The summed E-state index contributed by atoms with van der Waals surface area (Å²) in [5.41, 5.74) is 4.66. The van der Waals surface area contributed by atoms with Crippen LogP contribution in [0.1, 0.15) is 10.4 Å². The zero-order chi connectivity index (χ0) is 21.6. The van der Waals surface area contributed by atoms with Crippen LogP contribution in [0, 0.1) is 0 Å². The molecule has 2 heterocycles. The topological polar surface area (TPSA) is 86.7 Å². The molecule has 1 N–H and O–H groups in total. The third-order valence-corrected chi connectivity index (χ3v) is 5.13. The van der Waals surface area contributed by atoms with Crippen LogP contribution in [0.4, 0.5) is 17.6 Å². The predicted molar refractivity (Wildman–Crippen MR) is 119 cm³/mol. The van der Waals surface area contributed by atoms with E-state index in [-0.39, 0.29) is 5.91 Å². The van der Waals surface area contributed by atoms with E-state index in [1.54, 1.807) is 26.3 Å². The molecular weight excluding hydrogens is 394 g/mol. The maximum absolute atomic E-state index is 12.5. The second kappa shape index (κ2) is 9.29. The van der Waals surface area contributed by atoms with Gasteiger partial charge in [-0.25, -0.2) is 4.98 Å². The van der Waals surface area contributed by atoms with Crippen LogP contribution in [-0.2, 0) is 0 Å². The van der Waals surface area contributed by atoms with E-state index in [0.717, 1.165) is 37.6 Å². The van der Waals surface area contributed by atoms with Crippen molar-refractivity contribution in [2.75, 3.05) is 55.6 Å². The number of methoxy groups -OCH3 is 1. The molecule has 1 aliphatic rings. The summed E-state index contributed by atoms with van der Waals surface area (Å²) >= 11 is 0. The van der Waals surface area contributed by atoms with E-state index in [9.17, 15) is 4.79 Å². The van der Waals surface area contributed by atoms with Crippen molar-refractivity contribution in [3.05, 3.63) is 66.5 Å². The van der Waals surface area contributed by atoms with Crippen molar-refractivity contribution in [2.24, 2.45) is 0 Å². The van der Waals surface area contributed by atoms with Gasteiger partial charge in [0.2, 0.25) is 11.9 Å². The summed E-state index contributed by atoms with van der Waals surface area (Å²) < 4.78 is 5.33. The summed E-state index contributed by atoms with van der Waals surface area (Å²) in [6.45, 7) is 3.24. The smallest absolute Gasteiger partial charge is 0.272 e. The molecule has 0 bridgehead atoms. The van der Waals surface area contributed by atoms with E-state index in [4.69, 9.17) is 4.74 Å². The van der Waals surface area contributed by atoms with Gasteiger partial charge in [0.05, 0.1) is 7.11 Å². The highest BCUT2D eigenvalue weighted by molar-refractivity contribution is 5.94. The molecule has 4 rings (SSSR count). The average molecular weight is 419 g/mol. The van der Waals surface area contributed by atoms with Gasteiger partial charge >= 0.3 is 0 Å². The lowest BCUT2D eigenvalue weighted by Crippen LogP contribution is -2.47. The number of rotatable bonds is 6. The number of carbonyl (C=O) groups is 1. The van der Waals surface area contributed by atoms with Gasteiger partial charge in [0, 0.05) is 50.5 Å². The number of piperazine rings is 1. The van der Waals surface area contributed by atoms with Crippen molar-refractivity contribution in [1.29, 1.82) is 0 Å². The molecule has 9 heteroatoms. The SMILES string of the molecule is COc1cccc(N2CCN(c3ncnc(NN(C)C(=O)c4ccccc4)n3)CC2)c1. The molecule has 1 fully saturated rings. The molecule has 2 aromatic carbocycles. The number of hydrazine groups is 1. The summed E-state index contributed by atoms with van der Waals surface area (Å²) in [7, 11) is 3.32. The van der Waals surface area contributed by atoms with Crippen LogP contribution >= 0.6 is 0 Å². The summed E-state index contributed by atoms with van der Waals surface area (Å²) in [6.07, 6.45) is 1.46. The molecule has 0 unspecified atom stereocenters. The Labute approximate surface area is 181 Å². The number of aromatic nitrogens is 3. The van der Waals surface area contributed by atoms with Crippen LogP contribution in [0.25, 0.3) is 0 Å².